The molecule has 1 saturated heterocycles. The van der Waals surface area contributed by atoms with Crippen LogP contribution in [0.1, 0.15) is 38.6 Å². The van der Waals surface area contributed by atoms with Gasteiger partial charge in [0.2, 0.25) is 0 Å². The first-order valence-corrected chi connectivity index (χ1v) is 10.0. The Morgan fingerprint density at radius 1 is 1.28 bits per heavy atom. The molecule has 0 radical (unpaired) electrons. The first-order chi connectivity index (χ1) is 12.1. The van der Waals surface area contributed by atoms with E-state index in [9.17, 15) is 4.79 Å². The molecule has 1 atom stereocenters. The van der Waals surface area contributed by atoms with Gasteiger partial charge >= 0.3 is 0 Å². The highest BCUT2D eigenvalue weighted by Gasteiger charge is 2.28. The zero-order valence-electron chi connectivity index (χ0n) is 15.1. The fourth-order valence-corrected chi connectivity index (χ4v) is 4.97. The largest absolute Gasteiger partial charge is 0.332 e. The van der Waals surface area contributed by atoms with Crippen LogP contribution in [0.5, 0.6) is 0 Å². The average Bonchev–Trinajstić information content (AvgIpc) is 3.29. The molecule has 0 aliphatic carbocycles. The second kappa shape index (κ2) is 6.92. The smallest absolute Gasteiger partial charge is 0.264 e. The van der Waals surface area contributed by atoms with E-state index in [2.05, 4.69) is 28.5 Å². The normalized spacial score (nSPS) is 21.4. The summed E-state index contributed by atoms with van der Waals surface area (Å²) in [6.07, 6.45) is 4.46. The van der Waals surface area contributed by atoms with Gasteiger partial charge in [-0.2, -0.15) is 5.10 Å². The van der Waals surface area contributed by atoms with Crippen molar-refractivity contribution in [1.29, 1.82) is 0 Å². The number of thiophene rings is 1. The summed E-state index contributed by atoms with van der Waals surface area (Å²) in [6.45, 7) is 10.00. The molecule has 0 unspecified atom stereocenters. The van der Waals surface area contributed by atoms with E-state index >= 15 is 0 Å². The maximum Gasteiger partial charge on any atom is 0.264 e. The predicted octanol–water partition coefficient (Wildman–Crippen LogP) is 2.93. The van der Waals surface area contributed by atoms with Gasteiger partial charge in [-0.1, -0.05) is 0 Å². The van der Waals surface area contributed by atoms with Crippen LogP contribution in [0, 0.1) is 19.8 Å². The monoisotopic (exact) mass is 358 g/mol. The summed E-state index contributed by atoms with van der Waals surface area (Å²) in [6, 6.07) is 4.09. The molecule has 6 heteroatoms. The third-order valence-electron chi connectivity index (χ3n) is 5.45. The molecule has 25 heavy (non-hydrogen) atoms. The number of amides is 1. The Kier molecular flexibility index (Phi) is 4.65. The highest BCUT2D eigenvalue weighted by Crippen LogP contribution is 2.25. The minimum atomic E-state index is 0.169. The molecule has 0 aromatic carbocycles. The van der Waals surface area contributed by atoms with Crippen molar-refractivity contribution in [3.05, 3.63) is 39.3 Å². The Morgan fingerprint density at radius 3 is 2.80 bits per heavy atom. The van der Waals surface area contributed by atoms with Crippen molar-refractivity contribution in [3.8, 4) is 0 Å². The van der Waals surface area contributed by atoms with Gasteiger partial charge in [0.05, 0.1) is 17.1 Å². The molecule has 134 valence electrons. The van der Waals surface area contributed by atoms with E-state index < -0.39 is 0 Å². The van der Waals surface area contributed by atoms with Crippen LogP contribution in [-0.4, -0.2) is 51.7 Å². The van der Waals surface area contributed by atoms with Gasteiger partial charge in [-0.15, -0.1) is 11.3 Å². The fraction of sp³-hybridized carbons (Fsp3) is 0.579. The highest BCUT2D eigenvalue weighted by molar-refractivity contribution is 7.14. The number of aromatic nitrogens is 2. The molecule has 5 nitrogen and oxygen atoms in total. The molecule has 0 saturated carbocycles. The van der Waals surface area contributed by atoms with Crippen LogP contribution >= 0.6 is 11.3 Å². The summed E-state index contributed by atoms with van der Waals surface area (Å²) < 4.78 is 2.10. The van der Waals surface area contributed by atoms with E-state index in [0.29, 0.717) is 12.5 Å². The lowest BCUT2D eigenvalue weighted by molar-refractivity contribution is 0.0713. The first-order valence-electron chi connectivity index (χ1n) is 9.19. The van der Waals surface area contributed by atoms with Crippen LogP contribution < -0.4 is 0 Å². The Hall–Kier alpha value is -1.66. The van der Waals surface area contributed by atoms with E-state index in [1.165, 1.54) is 36.4 Å². The SMILES string of the molecule is Cc1cc(C(=O)N2Cc3ccnn3C[C@H](CN3CCCC3)C2)sc1C. The molecule has 2 aliphatic heterocycles. The molecule has 4 heterocycles. The summed E-state index contributed by atoms with van der Waals surface area (Å²) in [7, 11) is 0. The van der Waals surface area contributed by atoms with Gasteiger partial charge in [0.1, 0.15) is 0 Å². The molecule has 0 spiro atoms. The van der Waals surface area contributed by atoms with Crippen molar-refractivity contribution >= 4 is 17.2 Å². The van der Waals surface area contributed by atoms with Crippen molar-refractivity contribution in [2.24, 2.45) is 5.92 Å². The molecule has 1 fully saturated rings. The van der Waals surface area contributed by atoms with Crippen LogP contribution in [0.2, 0.25) is 0 Å². The summed E-state index contributed by atoms with van der Waals surface area (Å²) in [5.74, 6) is 0.604. The Bertz CT molecular complexity index is 740. The minimum absolute atomic E-state index is 0.169. The molecule has 0 N–H and O–H groups in total. The van der Waals surface area contributed by atoms with Gasteiger partial charge in [0, 0.05) is 36.6 Å². The Labute approximate surface area is 153 Å². The van der Waals surface area contributed by atoms with Gasteiger partial charge in [0.25, 0.3) is 5.91 Å². The summed E-state index contributed by atoms with van der Waals surface area (Å²) in [4.78, 5) is 19.8. The van der Waals surface area contributed by atoms with Gasteiger partial charge in [0.15, 0.2) is 0 Å². The molecule has 2 aliphatic rings. The maximum atomic E-state index is 13.1. The van der Waals surface area contributed by atoms with Gasteiger partial charge in [-0.25, -0.2) is 0 Å². The zero-order valence-corrected chi connectivity index (χ0v) is 15.9. The lowest BCUT2D eigenvalue weighted by Gasteiger charge is -2.27. The molecular weight excluding hydrogens is 332 g/mol. The van der Waals surface area contributed by atoms with Crippen molar-refractivity contribution < 1.29 is 4.79 Å². The van der Waals surface area contributed by atoms with Crippen LogP contribution in [0.3, 0.4) is 0 Å². The van der Waals surface area contributed by atoms with Crippen molar-refractivity contribution in [2.45, 2.75) is 39.8 Å². The van der Waals surface area contributed by atoms with Gasteiger partial charge in [-0.3, -0.25) is 9.48 Å². The number of aryl methyl sites for hydroxylation is 2. The average molecular weight is 359 g/mol. The molecule has 0 bridgehead atoms. The molecule has 2 aromatic heterocycles. The molecular formula is C19H26N4OS. The lowest BCUT2D eigenvalue weighted by Crippen LogP contribution is -2.38. The number of nitrogens with zero attached hydrogens (tertiary/aromatic N) is 4. The first kappa shape index (κ1) is 16.8. The molecule has 4 rings (SSSR count). The number of hydrogen-bond donors (Lipinski definition) is 0. The highest BCUT2D eigenvalue weighted by atomic mass is 32.1. The fourth-order valence-electron chi connectivity index (χ4n) is 3.97. The van der Waals surface area contributed by atoms with E-state index in [-0.39, 0.29) is 5.91 Å². The van der Waals surface area contributed by atoms with Crippen molar-refractivity contribution in [1.82, 2.24) is 19.6 Å². The quantitative estimate of drug-likeness (QED) is 0.847. The van der Waals surface area contributed by atoms with Gasteiger partial charge < -0.3 is 9.80 Å². The number of fused-ring (bicyclic) bond motifs is 1. The number of rotatable bonds is 3. The van der Waals surface area contributed by atoms with E-state index in [0.717, 1.165) is 30.2 Å². The third-order valence-corrected chi connectivity index (χ3v) is 6.59. The number of likely N-dealkylation sites (tertiary alicyclic amines) is 1. The minimum Gasteiger partial charge on any atom is -0.332 e. The predicted molar refractivity (Wildman–Crippen MR) is 99.9 cm³/mol. The van der Waals surface area contributed by atoms with Crippen LogP contribution in [-0.2, 0) is 13.1 Å². The van der Waals surface area contributed by atoms with Crippen molar-refractivity contribution in [3.63, 3.8) is 0 Å². The standard InChI is InChI=1S/C19H26N4OS/c1-14-9-18(25-15(14)2)19(24)22-11-16(10-21-7-3-4-8-21)12-23-17(13-22)5-6-20-23/h5-6,9,16H,3-4,7-8,10-13H2,1-2H3/t16-/m1/s1. The molecule has 2 aromatic rings. The number of carbonyl (C=O) groups excluding carboxylic acids is 1. The van der Waals surface area contributed by atoms with Gasteiger partial charge in [-0.05, 0) is 57.5 Å². The zero-order chi connectivity index (χ0) is 17.4. The third kappa shape index (κ3) is 3.51. The summed E-state index contributed by atoms with van der Waals surface area (Å²) in [5, 5.41) is 4.49. The van der Waals surface area contributed by atoms with Crippen LogP contribution in [0.4, 0.5) is 0 Å². The Balaban J connectivity index is 1.56. The lowest BCUT2D eigenvalue weighted by atomic mass is 10.1. The Morgan fingerprint density at radius 2 is 2.08 bits per heavy atom. The topological polar surface area (TPSA) is 41.4 Å². The second-order valence-corrected chi connectivity index (χ2v) is 8.67. The van der Waals surface area contributed by atoms with Crippen molar-refractivity contribution in [2.75, 3.05) is 26.2 Å². The second-order valence-electron chi connectivity index (χ2n) is 7.41. The van der Waals surface area contributed by atoms with E-state index in [1.807, 2.05) is 23.2 Å². The summed E-state index contributed by atoms with van der Waals surface area (Å²) in [5.41, 5.74) is 2.35. The molecule has 1 amide bonds. The number of hydrogen-bond acceptors (Lipinski definition) is 4. The summed E-state index contributed by atoms with van der Waals surface area (Å²) >= 11 is 1.62. The van der Waals surface area contributed by atoms with E-state index in [1.54, 1.807) is 11.3 Å². The van der Waals surface area contributed by atoms with E-state index in [4.69, 9.17) is 0 Å². The number of carbonyl (C=O) groups is 1. The van der Waals surface area contributed by atoms with Crippen LogP contribution in [0.25, 0.3) is 0 Å². The van der Waals surface area contributed by atoms with Crippen LogP contribution in [0.15, 0.2) is 18.3 Å². The maximum absolute atomic E-state index is 13.1.